The molecule has 1 unspecified atom stereocenters. The monoisotopic (exact) mass is 538 g/mol. The van der Waals surface area contributed by atoms with Crippen LogP contribution in [0.25, 0.3) is 5.57 Å². The van der Waals surface area contributed by atoms with E-state index in [4.69, 9.17) is 18.9 Å². The highest BCUT2D eigenvalue weighted by atomic mass is 15.1. The minimum absolute atomic E-state index is 0.00864. The number of nitrogens with zero attached hydrogens (tertiary/aromatic N) is 1. The molecule has 0 spiro atoms. The Balaban J connectivity index is 2.06. The molecule has 2 N–H and O–H groups in total. The summed E-state index contributed by atoms with van der Waals surface area (Å²) in [5.74, 6) is 0.756. The first kappa shape index (κ1) is 30.2. The van der Waals surface area contributed by atoms with Crippen molar-refractivity contribution < 1.29 is 0 Å². The van der Waals surface area contributed by atoms with Gasteiger partial charge in [-0.25, -0.2) is 0 Å². The van der Waals surface area contributed by atoms with Gasteiger partial charge in [-0.05, 0) is 120 Å². The molecule has 0 saturated carbocycles. The van der Waals surface area contributed by atoms with Crippen LogP contribution in [0.15, 0.2) is 71.5 Å². The van der Waals surface area contributed by atoms with Crippen LogP contribution in [-0.4, -0.2) is 14.1 Å². The molecule has 0 aliphatic heterocycles. The topological polar surface area (TPSA) is 29.3 Å². The number of nitrogens with two attached hydrogens (primary N) is 1. The fourth-order valence-electron chi connectivity index (χ4n) is 9.59. The summed E-state index contributed by atoms with van der Waals surface area (Å²) in [6.07, 6.45) is 8.88. The second-order valence-electron chi connectivity index (χ2n) is 13.9. The number of anilines is 1. The lowest BCUT2D eigenvalue weighted by Gasteiger charge is -2.64. The van der Waals surface area contributed by atoms with Gasteiger partial charge in [-0.2, -0.15) is 0 Å². The number of benzene rings is 1. The van der Waals surface area contributed by atoms with Crippen molar-refractivity contribution in [1.29, 1.82) is 0 Å². The molecule has 216 valence electrons. The highest BCUT2D eigenvalue weighted by Gasteiger charge is 2.62. The number of hydrogen-bond acceptors (Lipinski definition) is 2. The van der Waals surface area contributed by atoms with Gasteiger partial charge in [-0.15, -0.1) is 0 Å². The lowest BCUT2D eigenvalue weighted by molar-refractivity contribution is 0.00580. The summed E-state index contributed by atoms with van der Waals surface area (Å²) in [5, 5.41) is 0. The zero-order chi connectivity index (χ0) is 30.1. The SMILES string of the molecule is C=C(N)C1=C(C)[C@@H](CC)[C@]2(C)C[C@]3(C)Cc4c(N(C)C)cc(C(C)/C=C\CC)c(C)c4C(=C)C3=C(C)[C@]2(C)C1=C. The molecule has 0 bridgehead atoms. The second kappa shape index (κ2) is 9.97. The molecule has 2 nitrogen and oxygen atoms in total. The first-order chi connectivity index (χ1) is 18.5. The van der Waals surface area contributed by atoms with Crippen LogP contribution in [0.1, 0.15) is 103 Å². The molecule has 1 aromatic rings. The van der Waals surface area contributed by atoms with E-state index >= 15 is 0 Å². The molecule has 0 saturated heterocycles. The van der Waals surface area contributed by atoms with Crippen LogP contribution in [0.2, 0.25) is 0 Å². The molecule has 0 fully saturated rings. The number of rotatable bonds is 6. The van der Waals surface area contributed by atoms with Crippen LogP contribution in [-0.2, 0) is 6.42 Å². The van der Waals surface area contributed by atoms with E-state index in [-0.39, 0.29) is 16.2 Å². The Hall–Kier alpha value is -2.74. The zero-order valence-electron chi connectivity index (χ0n) is 27.4. The molecule has 4 rings (SSSR count). The summed E-state index contributed by atoms with van der Waals surface area (Å²) in [5.41, 5.74) is 21.5. The summed E-state index contributed by atoms with van der Waals surface area (Å²) in [6.45, 7) is 35.2. The Morgan fingerprint density at radius 2 is 1.77 bits per heavy atom. The lowest BCUT2D eigenvalue weighted by Crippen LogP contribution is -2.56. The maximum atomic E-state index is 6.47. The maximum Gasteiger partial charge on any atom is 0.0403 e. The van der Waals surface area contributed by atoms with E-state index in [0.29, 0.717) is 17.5 Å². The molecule has 2 heteroatoms. The minimum Gasteiger partial charge on any atom is -0.399 e. The van der Waals surface area contributed by atoms with E-state index in [9.17, 15) is 0 Å². The normalized spacial score (nSPS) is 30.8. The van der Waals surface area contributed by atoms with Crippen LogP contribution in [0.5, 0.6) is 0 Å². The fraction of sp³-hybridized carbons (Fsp3) is 0.526. The standard InChI is InChI=1S/C38H54N2/c1-15-17-18-22(3)29-19-32(40(13)14)30-20-36(10)21-37(11)31(16-2)24(5)34(28(9)39)26(7)38(37,12)27(8)35(36)25(6)33(30)23(29)4/h17-19,22,31H,6-7,9,15-16,20-21,39H2,1-5,8,10-14H3/b18-17-/t22?,31-,36+,37+,38+/m1/s1. The van der Waals surface area contributed by atoms with Gasteiger partial charge in [-0.3, -0.25) is 0 Å². The predicted octanol–water partition coefficient (Wildman–Crippen LogP) is 9.82. The molecule has 40 heavy (non-hydrogen) atoms. The average Bonchev–Trinajstić information content (AvgIpc) is 2.84. The van der Waals surface area contributed by atoms with Gasteiger partial charge in [-0.1, -0.05) is 84.6 Å². The molecule has 0 amide bonds. The summed E-state index contributed by atoms with van der Waals surface area (Å²) in [7, 11) is 4.38. The van der Waals surface area contributed by atoms with Crippen molar-refractivity contribution >= 4 is 11.3 Å². The van der Waals surface area contributed by atoms with Crippen molar-refractivity contribution in [3.8, 4) is 0 Å². The molecule has 3 aliphatic rings. The summed E-state index contributed by atoms with van der Waals surface area (Å²) < 4.78 is 0. The van der Waals surface area contributed by atoms with Gasteiger partial charge >= 0.3 is 0 Å². The van der Waals surface area contributed by atoms with Crippen molar-refractivity contribution in [3.63, 3.8) is 0 Å². The van der Waals surface area contributed by atoms with Crippen LogP contribution in [0.4, 0.5) is 5.69 Å². The largest absolute Gasteiger partial charge is 0.399 e. The highest BCUT2D eigenvalue weighted by Crippen LogP contribution is 2.72. The summed E-state index contributed by atoms with van der Waals surface area (Å²) >= 11 is 0. The lowest BCUT2D eigenvalue weighted by atomic mass is 9.39. The Morgan fingerprint density at radius 1 is 1.15 bits per heavy atom. The molecule has 5 atom stereocenters. The van der Waals surface area contributed by atoms with E-state index < -0.39 is 0 Å². The van der Waals surface area contributed by atoms with Crippen LogP contribution >= 0.6 is 0 Å². The van der Waals surface area contributed by atoms with Crippen LogP contribution < -0.4 is 10.6 Å². The molecule has 0 heterocycles. The first-order valence-corrected chi connectivity index (χ1v) is 15.3. The molecule has 3 aliphatic carbocycles. The van der Waals surface area contributed by atoms with Gasteiger partial charge in [0.05, 0.1) is 0 Å². The van der Waals surface area contributed by atoms with Crippen molar-refractivity contribution in [2.75, 3.05) is 19.0 Å². The van der Waals surface area contributed by atoms with Crippen molar-refractivity contribution in [2.24, 2.45) is 27.9 Å². The predicted molar refractivity (Wildman–Crippen MR) is 177 cm³/mol. The Morgan fingerprint density at radius 3 is 2.30 bits per heavy atom. The molecular weight excluding hydrogens is 484 g/mol. The van der Waals surface area contributed by atoms with Crippen LogP contribution in [0, 0.1) is 29.1 Å². The van der Waals surface area contributed by atoms with Gasteiger partial charge in [0.25, 0.3) is 0 Å². The second-order valence-corrected chi connectivity index (χ2v) is 13.9. The van der Waals surface area contributed by atoms with Gasteiger partial charge in [0.15, 0.2) is 0 Å². The minimum atomic E-state index is -0.229. The number of fused-ring (bicyclic) bond motifs is 3. The van der Waals surface area contributed by atoms with Gasteiger partial charge in [0.1, 0.15) is 0 Å². The van der Waals surface area contributed by atoms with Gasteiger partial charge in [0, 0.05) is 30.9 Å². The Kier molecular flexibility index (Phi) is 7.53. The molecular formula is C38H54N2. The van der Waals surface area contributed by atoms with E-state index in [0.717, 1.165) is 36.8 Å². The van der Waals surface area contributed by atoms with Gasteiger partial charge in [0.2, 0.25) is 0 Å². The third-order valence-electron chi connectivity index (χ3n) is 11.5. The highest BCUT2D eigenvalue weighted by molar-refractivity contribution is 5.90. The Bertz CT molecular complexity index is 1390. The third-order valence-corrected chi connectivity index (χ3v) is 11.5. The van der Waals surface area contributed by atoms with E-state index in [1.807, 2.05) is 0 Å². The average molecular weight is 539 g/mol. The van der Waals surface area contributed by atoms with Crippen molar-refractivity contribution in [1.82, 2.24) is 0 Å². The van der Waals surface area contributed by atoms with Crippen LogP contribution in [0.3, 0.4) is 0 Å². The van der Waals surface area contributed by atoms with E-state index in [1.54, 1.807) is 0 Å². The smallest absolute Gasteiger partial charge is 0.0403 e. The number of allylic oxidation sites excluding steroid dienone is 7. The van der Waals surface area contributed by atoms with Gasteiger partial charge < -0.3 is 10.6 Å². The molecule has 0 aromatic heterocycles. The Labute approximate surface area is 245 Å². The van der Waals surface area contributed by atoms with Crippen molar-refractivity contribution in [2.45, 2.75) is 93.9 Å². The zero-order valence-corrected chi connectivity index (χ0v) is 27.4. The summed E-state index contributed by atoms with van der Waals surface area (Å²) in [4.78, 5) is 2.31. The quantitative estimate of drug-likeness (QED) is 0.365. The van der Waals surface area contributed by atoms with E-state index in [2.05, 4.69) is 106 Å². The van der Waals surface area contributed by atoms with E-state index in [1.165, 1.54) is 50.2 Å². The molecule has 0 radical (unpaired) electrons. The maximum absolute atomic E-state index is 6.47. The first-order valence-electron chi connectivity index (χ1n) is 15.3. The molecule has 1 aromatic carbocycles. The third kappa shape index (κ3) is 3.88. The summed E-state index contributed by atoms with van der Waals surface area (Å²) in [6, 6.07) is 2.45. The van der Waals surface area contributed by atoms with Crippen molar-refractivity contribution in [3.05, 3.63) is 93.8 Å². The fourth-order valence-corrected chi connectivity index (χ4v) is 9.59. The number of hydrogen-bond donors (Lipinski definition) is 1.